The van der Waals surface area contributed by atoms with Crippen molar-refractivity contribution in [1.82, 2.24) is 24.3 Å². The van der Waals surface area contributed by atoms with Gasteiger partial charge in [0.15, 0.2) is 0 Å². The number of nitrogens with zero attached hydrogens (tertiary/aromatic N) is 5. The standard InChI is InChI=1S/C27H25N7O3/c1-2-21(35)33-13-19-14-37-16-27(19,15-33)26-32-22(23-24(28)30-11-12-34(23)26)17-6-8-18(9-7-17)25(36)31-20-5-3-4-10-29-20/h2-12,19H,1,13-16H2,(H2,28,30)(H,29,31,36)/t19?,27-/m1/s1. The highest BCUT2D eigenvalue weighted by Crippen LogP contribution is 2.45. The summed E-state index contributed by atoms with van der Waals surface area (Å²) in [7, 11) is 0. The number of imidazole rings is 1. The number of amides is 2. The maximum Gasteiger partial charge on any atom is 0.256 e. The molecule has 3 aromatic heterocycles. The van der Waals surface area contributed by atoms with E-state index in [-0.39, 0.29) is 17.7 Å². The molecule has 3 N–H and O–H groups in total. The summed E-state index contributed by atoms with van der Waals surface area (Å²) in [5, 5.41) is 2.79. The number of pyridine rings is 1. The van der Waals surface area contributed by atoms with E-state index in [2.05, 4.69) is 21.9 Å². The zero-order valence-corrected chi connectivity index (χ0v) is 20.0. The first-order chi connectivity index (χ1) is 18.0. The summed E-state index contributed by atoms with van der Waals surface area (Å²) in [4.78, 5) is 40.5. The van der Waals surface area contributed by atoms with E-state index in [4.69, 9.17) is 15.5 Å². The largest absolute Gasteiger partial charge is 0.382 e. The van der Waals surface area contributed by atoms with Gasteiger partial charge in [0.1, 0.15) is 28.7 Å². The molecule has 2 aliphatic heterocycles. The lowest BCUT2D eigenvalue weighted by molar-refractivity contribution is -0.125. The molecule has 0 bridgehead atoms. The molecule has 2 aliphatic rings. The normalized spacial score (nSPS) is 20.6. The Labute approximate surface area is 212 Å². The third-order valence-electron chi connectivity index (χ3n) is 7.22. The molecule has 37 heavy (non-hydrogen) atoms. The van der Waals surface area contributed by atoms with Gasteiger partial charge in [-0.2, -0.15) is 0 Å². The lowest BCUT2D eigenvalue weighted by Crippen LogP contribution is -2.38. The summed E-state index contributed by atoms with van der Waals surface area (Å²) < 4.78 is 7.86. The van der Waals surface area contributed by atoms with Gasteiger partial charge in [0.25, 0.3) is 5.91 Å². The SMILES string of the molecule is C=CC(=O)N1CC2COC[C@]2(c2nc(-c3ccc(C(=O)Nc4ccccn4)cc3)c3c(N)nccn23)C1. The second kappa shape index (κ2) is 8.82. The molecular formula is C27H25N7O3. The lowest BCUT2D eigenvalue weighted by atomic mass is 9.80. The van der Waals surface area contributed by atoms with Gasteiger partial charge in [-0.25, -0.2) is 15.0 Å². The van der Waals surface area contributed by atoms with Crippen LogP contribution >= 0.6 is 0 Å². The maximum atomic E-state index is 12.7. The van der Waals surface area contributed by atoms with Crippen LogP contribution < -0.4 is 11.1 Å². The molecule has 4 aromatic rings. The fraction of sp³-hybridized carbons (Fsp3) is 0.222. The number of rotatable bonds is 5. The molecule has 0 saturated carbocycles. The Balaban J connectivity index is 1.39. The maximum absolute atomic E-state index is 12.7. The molecule has 0 spiro atoms. The topological polar surface area (TPSA) is 128 Å². The first kappa shape index (κ1) is 22.9. The summed E-state index contributed by atoms with van der Waals surface area (Å²) in [6, 6.07) is 12.5. The minimum atomic E-state index is -0.476. The van der Waals surface area contributed by atoms with Crippen LogP contribution in [0.25, 0.3) is 16.8 Å². The van der Waals surface area contributed by atoms with Crippen molar-refractivity contribution in [3.8, 4) is 11.3 Å². The fourth-order valence-corrected chi connectivity index (χ4v) is 5.37. The highest BCUT2D eigenvalue weighted by molar-refractivity contribution is 6.04. The van der Waals surface area contributed by atoms with E-state index in [9.17, 15) is 9.59 Å². The first-order valence-electron chi connectivity index (χ1n) is 11.9. The van der Waals surface area contributed by atoms with Crippen molar-refractivity contribution in [2.75, 3.05) is 37.4 Å². The lowest BCUT2D eigenvalue weighted by Gasteiger charge is -2.25. The number of fused-ring (bicyclic) bond motifs is 2. The number of nitrogens with one attached hydrogen (secondary N) is 1. The number of likely N-dealkylation sites (tertiary alicyclic amines) is 1. The molecule has 1 unspecified atom stereocenters. The van der Waals surface area contributed by atoms with Crippen LogP contribution in [0.1, 0.15) is 16.2 Å². The summed E-state index contributed by atoms with van der Waals surface area (Å²) >= 11 is 0. The molecule has 10 nitrogen and oxygen atoms in total. The third-order valence-corrected chi connectivity index (χ3v) is 7.22. The molecule has 2 saturated heterocycles. The molecule has 0 radical (unpaired) electrons. The molecule has 6 rings (SSSR count). The minimum Gasteiger partial charge on any atom is -0.382 e. The van der Waals surface area contributed by atoms with Crippen molar-refractivity contribution in [3.63, 3.8) is 0 Å². The number of ether oxygens (including phenoxy) is 1. The van der Waals surface area contributed by atoms with Gasteiger partial charge in [-0.05, 0) is 30.3 Å². The van der Waals surface area contributed by atoms with Gasteiger partial charge < -0.3 is 20.7 Å². The van der Waals surface area contributed by atoms with E-state index in [1.807, 2.05) is 28.8 Å². The fourth-order valence-electron chi connectivity index (χ4n) is 5.37. The molecule has 5 heterocycles. The summed E-state index contributed by atoms with van der Waals surface area (Å²) in [6.07, 6.45) is 6.45. The molecule has 2 fully saturated rings. The van der Waals surface area contributed by atoms with Crippen LogP contribution in [0.2, 0.25) is 0 Å². The predicted octanol–water partition coefficient (Wildman–Crippen LogP) is 2.54. The highest BCUT2D eigenvalue weighted by atomic mass is 16.5. The molecule has 10 heteroatoms. The monoisotopic (exact) mass is 495 g/mol. The highest BCUT2D eigenvalue weighted by Gasteiger charge is 2.55. The smallest absolute Gasteiger partial charge is 0.256 e. The molecule has 0 aliphatic carbocycles. The number of nitrogen functional groups attached to an aromatic ring is 1. The van der Waals surface area contributed by atoms with E-state index in [1.54, 1.807) is 41.6 Å². The number of aromatic nitrogens is 4. The Hall–Kier alpha value is -4.57. The van der Waals surface area contributed by atoms with Gasteiger partial charge in [-0.1, -0.05) is 24.8 Å². The average molecular weight is 496 g/mol. The van der Waals surface area contributed by atoms with E-state index in [0.29, 0.717) is 54.7 Å². The average Bonchev–Trinajstić information content (AvgIpc) is 3.60. The van der Waals surface area contributed by atoms with Crippen LogP contribution in [-0.2, 0) is 14.9 Å². The Morgan fingerprint density at radius 1 is 1.16 bits per heavy atom. The van der Waals surface area contributed by atoms with Gasteiger partial charge >= 0.3 is 0 Å². The van der Waals surface area contributed by atoms with Crippen LogP contribution in [-0.4, -0.2) is 62.4 Å². The van der Waals surface area contributed by atoms with Crippen LogP contribution in [0.4, 0.5) is 11.6 Å². The molecule has 1 aromatic carbocycles. The van der Waals surface area contributed by atoms with E-state index in [1.165, 1.54) is 6.08 Å². The van der Waals surface area contributed by atoms with Crippen molar-refractivity contribution >= 4 is 29.0 Å². The minimum absolute atomic E-state index is 0.0990. The number of anilines is 2. The van der Waals surface area contributed by atoms with Gasteiger partial charge in [-0.15, -0.1) is 0 Å². The Bertz CT molecular complexity index is 1520. The molecule has 2 amide bonds. The summed E-state index contributed by atoms with van der Waals surface area (Å²) in [6.45, 7) is 5.70. The zero-order chi connectivity index (χ0) is 25.6. The van der Waals surface area contributed by atoms with Crippen LogP contribution in [0, 0.1) is 5.92 Å². The Morgan fingerprint density at radius 2 is 2.00 bits per heavy atom. The molecular weight excluding hydrogens is 470 g/mol. The van der Waals surface area contributed by atoms with E-state index >= 15 is 0 Å². The van der Waals surface area contributed by atoms with E-state index in [0.717, 1.165) is 11.4 Å². The van der Waals surface area contributed by atoms with Gasteiger partial charge in [0.05, 0.1) is 18.6 Å². The number of carbonyl (C=O) groups excluding carboxylic acids is 2. The first-order valence-corrected chi connectivity index (χ1v) is 11.9. The van der Waals surface area contributed by atoms with E-state index < -0.39 is 5.41 Å². The Kier molecular flexibility index (Phi) is 5.45. The zero-order valence-electron chi connectivity index (χ0n) is 20.0. The molecule has 2 atom stereocenters. The second-order valence-electron chi connectivity index (χ2n) is 9.35. The second-order valence-corrected chi connectivity index (χ2v) is 9.35. The van der Waals surface area contributed by atoms with Crippen LogP contribution in [0.5, 0.6) is 0 Å². The van der Waals surface area contributed by atoms with Crippen molar-refractivity contribution in [2.24, 2.45) is 5.92 Å². The van der Waals surface area contributed by atoms with Crippen molar-refractivity contribution in [3.05, 3.63) is 85.1 Å². The molecule has 186 valence electrons. The summed E-state index contributed by atoms with van der Waals surface area (Å²) in [5.74, 6) is 1.35. The number of nitrogens with two attached hydrogens (primary N) is 1. The number of carbonyl (C=O) groups is 2. The van der Waals surface area contributed by atoms with Crippen molar-refractivity contribution < 1.29 is 14.3 Å². The van der Waals surface area contributed by atoms with Crippen LogP contribution in [0.15, 0.2) is 73.7 Å². The predicted molar refractivity (Wildman–Crippen MR) is 138 cm³/mol. The third kappa shape index (κ3) is 3.73. The number of benzene rings is 1. The number of hydrogen-bond donors (Lipinski definition) is 2. The van der Waals surface area contributed by atoms with Crippen LogP contribution in [0.3, 0.4) is 0 Å². The number of hydrogen-bond acceptors (Lipinski definition) is 7. The van der Waals surface area contributed by atoms with Gasteiger partial charge in [-0.3, -0.25) is 14.0 Å². The van der Waals surface area contributed by atoms with Crippen molar-refractivity contribution in [1.29, 1.82) is 0 Å². The summed E-state index contributed by atoms with van der Waals surface area (Å²) in [5.41, 5.74) is 8.49. The van der Waals surface area contributed by atoms with Gasteiger partial charge in [0, 0.05) is 48.7 Å². The quantitative estimate of drug-likeness (QED) is 0.407. The Morgan fingerprint density at radius 3 is 2.76 bits per heavy atom. The van der Waals surface area contributed by atoms with Gasteiger partial charge in [0.2, 0.25) is 5.91 Å². The van der Waals surface area contributed by atoms with Crippen molar-refractivity contribution in [2.45, 2.75) is 5.41 Å².